The molecule has 2 atom stereocenters. The normalized spacial score (nSPS) is 22.1. The third-order valence-corrected chi connectivity index (χ3v) is 3.92. The van der Waals surface area contributed by atoms with Crippen LogP contribution in [-0.2, 0) is 0 Å². The molecule has 0 radical (unpaired) electrons. The Balaban J connectivity index is 1.97. The molecule has 0 aliphatic heterocycles. The first kappa shape index (κ1) is 15.9. The van der Waals surface area contributed by atoms with Crippen LogP contribution in [-0.4, -0.2) is 24.2 Å². The van der Waals surface area contributed by atoms with Crippen LogP contribution in [0.1, 0.15) is 29.6 Å². The second kappa shape index (κ2) is 6.56. The van der Waals surface area contributed by atoms with E-state index in [1.165, 1.54) is 12.1 Å². The van der Waals surface area contributed by atoms with Crippen LogP contribution in [0.15, 0.2) is 24.3 Å². The maximum absolute atomic E-state index is 12.0. The Kier molecular flexibility index (Phi) is 4.98. The number of benzene rings is 1. The first-order chi connectivity index (χ1) is 9.89. The van der Waals surface area contributed by atoms with Crippen LogP contribution in [0.3, 0.4) is 0 Å². The highest BCUT2D eigenvalue weighted by atomic mass is 35.5. The van der Waals surface area contributed by atoms with E-state index in [4.69, 9.17) is 11.6 Å². The lowest BCUT2D eigenvalue weighted by molar-refractivity contribution is -0.274. The van der Waals surface area contributed by atoms with Crippen LogP contribution in [0.4, 0.5) is 13.2 Å². The predicted molar refractivity (Wildman–Crippen MR) is 72.4 cm³/mol. The van der Waals surface area contributed by atoms with E-state index in [2.05, 4.69) is 10.1 Å². The summed E-state index contributed by atoms with van der Waals surface area (Å²) in [4.78, 5) is 12.0. The van der Waals surface area contributed by atoms with Gasteiger partial charge in [-0.1, -0.05) is 6.42 Å². The Bertz CT molecular complexity index is 490. The van der Waals surface area contributed by atoms with E-state index in [-0.39, 0.29) is 23.6 Å². The van der Waals surface area contributed by atoms with E-state index in [0.717, 1.165) is 31.4 Å². The van der Waals surface area contributed by atoms with Crippen molar-refractivity contribution in [3.8, 4) is 5.75 Å². The number of hydrogen-bond acceptors (Lipinski definition) is 2. The first-order valence-corrected chi connectivity index (χ1v) is 7.15. The molecule has 1 N–H and O–H groups in total. The molecule has 3 nitrogen and oxygen atoms in total. The van der Waals surface area contributed by atoms with Crippen molar-refractivity contribution >= 4 is 17.5 Å². The lowest BCUT2D eigenvalue weighted by Crippen LogP contribution is -2.37. The summed E-state index contributed by atoms with van der Waals surface area (Å²) in [7, 11) is 0. The summed E-state index contributed by atoms with van der Waals surface area (Å²) in [5.41, 5.74) is 0.296. The van der Waals surface area contributed by atoms with Crippen molar-refractivity contribution in [3.05, 3.63) is 29.8 Å². The molecule has 1 aliphatic carbocycles. The molecule has 0 aromatic heterocycles. The molecule has 1 saturated carbocycles. The number of ether oxygens (including phenoxy) is 1. The van der Waals surface area contributed by atoms with Crippen molar-refractivity contribution in [2.75, 3.05) is 5.88 Å². The highest BCUT2D eigenvalue weighted by Gasteiger charge is 2.31. The van der Waals surface area contributed by atoms with Crippen LogP contribution >= 0.6 is 11.6 Å². The molecule has 1 aromatic carbocycles. The third-order valence-electron chi connectivity index (χ3n) is 3.52. The van der Waals surface area contributed by atoms with Crippen LogP contribution in [0.2, 0.25) is 0 Å². The van der Waals surface area contributed by atoms with Gasteiger partial charge in [-0.05, 0) is 43.0 Å². The van der Waals surface area contributed by atoms with Crippen molar-refractivity contribution in [2.24, 2.45) is 5.92 Å². The fourth-order valence-electron chi connectivity index (χ4n) is 2.47. The van der Waals surface area contributed by atoms with E-state index >= 15 is 0 Å². The van der Waals surface area contributed by atoms with E-state index in [0.29, 0.717) is 11.4 Å². The quantitative estimate of drug-likeness (QED) is 0.858. The zero-order valence-corrected chi connectivity index (χ0v) is 11.9. The van der Waals surface area contributed by atoms with Gasteiger partial charge in [-0.3, -0.25) is 4.79 Å². The standard InChI is InChI=1S/C14H15ClF3NO2/c15-8-10-2-1-3-12(10)19-13(20)9-4-6-11(7-5-9)21-14(16,17)18/h4-7,10,12H,1-3,8H2,(H,19,20). The zero-order chi connectivity index (χ0) is 15.5. The van der Waals surface area contributed by atoms with Gasteiger partial charge in [0.2, 0.25) is 0 Å². The summed E-state index contributed by atoms with van der Waals surface area (Å²) in [6.07, 6.45) is -1.87. The molecular weight excluding hydrogens is 307 g/mol. The maximum atomic E-state index is 12.0. The Hall–Kier alpha value is -1.43. The summed E-state index contributed by atoms with van der Waals surface area (Å²) in [5.74, 6) is 0.0844. The summed E-state index contributed by atoms with van der Waals surface area (Å²) >= 11 is 5.84. The van der Waals surface area contributed by atoms with E-state index < -0.39 is 6.36 Å². The number of nitrogens with one attached hydrogen (secondary N) is 1. The average Bonchev–Trinajstić information content (AvgIpc) is 2.85. The minimum atomic E-state index is -4.73. The molecule has 2 unspecified atom stereocenters. The number of amides is 1. The first-order valence-electron chi connectivity index (χ1n) is 6.61. The van der Waals surface area contributed by atoms with E-state index in [1.807, 2.05) is 0 Å². The number of carbonyl (C=O) groups excluding carboxylic acids is 1. The van der Waals surface area contributed by atoms with Gasteiger partial charge >= 0.3 is 6.36 Å². The molecule has 0 bridgehead atoms. The van der Waals surface area contributed by atoms with Gasteiger partial charge in [0, 0.05) is 17.5 Å². The maximum Gasteiger partial charge on any atom is 0.573 e. The Labute approximate surface area is 125 Å². The minimum absolute atomic E-state index is 0.0288. The largest absolute Gasteiger partial charge is 0.573 e. The fraction of sp³-hybridized carbons (Fsp3) is 0.500. The molecule has 7 heteroatoms. The second-order valence-corrected chi connectivity index (χ2v) is 5.31. The molecule has 0 spiro atoms. The molecule has 1 amide bonds. The number of hydrogen-bond donors (Lipinski definition) is 1. The van der Waals surface area contributed by atoms with Crippen LogP contribution < -0.4 is 10.1 Å². The van der Waals surface area contributed by atoms with E-state index in [1.54, 1.807) is 0 Å². The van der Waals surface area contributed by atoms with Gasteiger partial charge in [0.15, 0.2) is 0 Å². The lowest BCUT2D eigenvalue weighted by atomic mass is 10.1. The Morgan fingerprint density at radius 1 is 1.29 bits per heavy atom. The van der Waals surface area contributed by atoms with Gasteiger partial charge in [-0.2, -0.15) is 0 Å². The highest BCUT2D eigenvalue weighted by Crippen LogP contribution is 2.27. The van der Waals surface area contributed by atoms with Gasteiger partial charge < -0.3 is 10.1 Å². The average molecular weight is 322 g/mol. The Morgan fingerprint density at radius 2 is 1.95 bits per heavy atom. The summed E-state index contributed by atoms with van der Waals surface area (Å²) in [6.45, 7) is 0. The molecule has 1 aliphatic rings. The molecule has 1 fully saturated rings. The number of carbonyl (C=O) groups is 1. The number of rotatable bonds is 4. The molecule has 116 valence electrons. The van der Waals surface area contributed by atoms with Gasteiger partial charge in [0.25, 0.3) is 5.91 Å². The Morgan fingerprint density at radius 3 is 2.52 bits per heavy atom. The smallest absolute Gasteiger partial charge is 0.406 e. The monoisotopic (exact) mass is 321 g/mol. The van der Waals surface area contributed by atoms with Gasteiger partial charge in [-0.15, -0.1) is 24.8 Å². The van der Waals surface area contributed by atoms with Crippen LogP contribution in [0.25, 0.3) is 0 Å². The van der Waals surface area contributed by atoms with Gasteiger partial charge in [0.05, 0.1) is 0 Å². The SMILES string of the molecule is O=C(NC1CCCC1CCl)c1ccc(OC(F)(F)F)cc1. The zero-order valence-electron chi connectivity index (χ0n) is 11.1. The van der Waals surface area contributed by atoms with Crippen molar-refractivity contribution in [1.29, 1.82) is 0 Å². The van der Waals surface area contributed by atoms with Crippen molar-refractivity contribution in [1.82, 2.24) is 5.32 Å². The molecule has 2 rings (SSSR count). The third kappa shape index (κ3) is 4.52. The van der Waals surface area contributed by atoms with Crippen molar-refractivity contribution in [2.45, 2.75) is 31.7 Å². The van der Waals surface area contributed by atoms with Gasteiger partial charge in [0.1, 0.15) is 5.75 Å². The number of alkyl halides is 4. The molecule has 1 aromatic rings. The van der Waals surface area contributed by atoms with Gasteiger partial charge in [-0.25, -0.2) is 0 Å². The minimum Gasteiger partial charge on any atom is -0.406 e. The molecular formula is C14H15ClF3NO2. The van der Waals surface area contributed by atoms with E-state index in [9.17, 15) is 18.0 Å². The second-order valence-electron chi connectivity index (χ2n) is 5.00. The molecule has 0 heterocycles. The van der Waals surface area contributed by atoms with Crippen LogP contribution in [0, 0.1) is 5.92 Å². The number of halogens is 4. The molecule has 21 heavy (non-hydrogen) atoms. The lowest BCUT2D eigenvalue weighted by Gasteiger charge is -2.19. The predicted octanol–water partition coefficient (Wildman–Crippen LogP) is 3.72. The van der Waals surface area contributed by atoms with Crippen molar-refractivity contribution < 1.29 is 22.7 Å². The van der Waals surface area contributed by atoms with Crippen molar-refractivity contribution in [3.63, 3.8) is 0 Å². The summed E-state index contributed by atoms with van der Waals surface area (Å²) in [5, 5.41) is 2.88. The fourth-order valence-corrected chi connectivity index (χ4v) is 2.84. The molecule has 0 saturated heterocycles. The summed E-state index contributed by atoms with van der Waals surface area (Å²) in [6, 6.07) is 4.88. The summed E-state index contributed by atoms with van der Waals surface area (Å²) < 4.78 is 39.9. The topological polar surface area (TPSA) is 38.3 Å². The van der Waals surface area contributed by atoms with Crippen LogP contribution in [0.5, 0.6) is 5.75 Å². The highest BCUT2D eigenvalue weighted by molar-refractivity contribution is 6.18.